The van der Waals surface area contributed by atoms with Crippen molar-refractivity contribution in [3.05, 3.63) is 39.9 Å². The van der Waals surface area contributed by atoms with Crippen molar-refractivity contribution in [3.8, 4) is 5.75 Å². The fourth-order valence-corrected chi connectivity index (χ4v) is 3.21. The number of pyridine rings is 1. The van der Waals surface area contributed by atoms with Gasteiger partial charge in [0.1, 0.15) is 16.5 Å². The molecule has 9 heteroatoms. The van der Waals surface area contributed by atoms with Crippen LogP contribution >= 0.6 is 11.6 Å². The normalized spacial score (nSPS) is 11.0. The van der Waals surface area contributed by atoms with Gasteiger partial charge in [0, 0.05) is 12.4 Å². The second-order valence-electron chi connectivity index (χ2n) is 5.76. The standard InChI is InChI=1S/C17H18ClN5O3/c1-8-10(5-20-9(2)13(8)25-3)6-23-7-11(16(24)26-4)12-14(18)21-17(19)22-15(12)23/h5,7H,6H2,1-4H3,(H2,19,21,22). The number of halogens is 1. The van der Waals surface area contributed by atoms with Crippen LogP contribution in [0.4, 0.5) is 5.95 Å². The van der Waals surface area contributed by atoms with Crippen molar-refractivity contribution in [2.75, 3.05) is 20.0 Å². The largest absolute Gasteiger partial charge is 0.495 e. The summed E-state index contributed by atoms with van der Waals surface area (Å²) in [6.45, 7) is 4.23. The van der Waals surface area contributed by atoms with Crippen molar-refractivity contribution in [1.82, 2.24) is 19.5 Å². The molecule has 26 heavy (non-hydrogen) atoms. The van der Waals surface area contributed by atoms with Gasteiger partial charge in [0.25, 0.3) is 0 Å². The average Bonchev–Trinajstić information content (AvgIpc) is 2.96. The van der Waals surface area contributed by atoms with E-state index < -0.39 is 5.97 Å². The van der Waals surface area contributed by atoms with Crippen molar-refractivity contribution in [2.45, 2.75) is 20.4 Å². The summed E-state index contributed by atoms with van der Waals surface area (Å²) >= 11 is 6.20. The molecule has 0 fully saturated rings. The fraction of sp³-hybridized carbons (Fsp3) is 0.294. The Kier molecular flexibility index (Phi) is 4.69. The molecule has 136 valence electrons. The second-order valence-corrected chi connectivity index (χ2v) is 6.12. The van der Waals surface area contributed by atoms with E-state index in [2.05, 4.69) is 15.0 Å². The molecular weight excluding hydrogens is 358 g/mol. The third kappa shape index (κ3) is 2.92. The first-order chi connectivity index (χ1) is 12.4. The predicted molar refractivity (Wildman–Crippen MR) is 97.7 cm³/mol. The first kappa shape index (κ1) is 17.9. The number of rotatable bonds is 4. The van der Waals surface area contributed by atoms with Crippen LogP contribution in [0.3, 0.4) is 0 Å². The van der Waals surface area contributed by atoms with E-state index in [-0.39, 0.29) is 16.7 Å². The van der Waals surface area contributed by atoms with Gasteiger partial charge in [0.15, 0.2) is 0 Å². The molecule has 0 spiro atoms. The Morgan fingerprint density at radius 2 is 2.04 bits per heavy atom. The van der Waals surface area contributed by atoms with Crippen molar-refractivity contribution in [3.63, 3.8) is 0 Å². The lowest BCUT2D eigenvalue weighted by Crippen LogP contribution is -2.06. The average molecular weight is 376 g/mol. The van der Waals surface area contributed by atoms with Gasteiger partial charge in [-0.2, -0.15) is 4.98 Å². The van der Waals surface area contributed by atoms with Crippen molar-refractivity contribution in [1.29, 1.82) is 0 Å². The smallest absolute Gasteiger partial charge is 0.340 e. The first-order valence-corrected chi connectivity index (χ1v) is 8.14. The number of hydrogen-bond acceptors (Lipinski definition) is 7. The highest BCUT2D eigenvalue weighted by Gasteiger charge is 2.21. The van der Waals surface area contributed by atoms with E-state index in [1.165, 1.54) is 7.11 Å². The summed E-state index contributed by atoms with van der Waals surface area (Å²) in [7, 11) is 2.91. The first-order valence-electron chi connectivity index (χ1n) is 7.76. The van der Waals surface area contributed by atoms with E-state index in [1.54, 1.807) is 24.1 Å². The zero-order valence-electron chi connectivity index (χ0n) is 14.8. The van der Waals surface area contributed by atoms with E-state index in [4.69, 9.17) is 26.8 Å². The van der Waals surface area contributed by atoms with Gasteiger partial charge in [-0.15, -0.1) is 0 Å². The van der Waals surface area contributed by atoms with Crippen LogP contribution in [0.15, 0.2) is 12.4 Å². The van der Waals surface area contributed by atoms with Gasteiger partial charge < -0.3 is 19.8 Å². The third-order valence-electron chi connectivity index (χ3n) is 4.20. The molecule has 0 radical (unpaired) electrons. The quantitative estimate of drug-likeness (QED) is 0.551. The second kappa shape index (κ2) is 6.80. The molecule has 0 bridgehead atoms. The van der Waals surface area contributed by atoms with Crippen LogP contribution in [-0.2, 0) is 11.3 Å². The number of anilines is 1. The predicted octanol–water partition coefficient (Wildman–Crippen LogP) is 2.52. The monoisotopic (exact) mass is 375 g/mol. The number of ether oxygens (including phenoxy) is 2. The summed E-state index contributed by atoms with van der Waals surface area (Å²) in [6, 6.07) is 0. The maximum atomic E-state index is 12.1. The fourth-order valence-electron chi connectivity index (χ4n) is 2.94. The zero-order valence-corrected chi connectivity index (χ0v) is 15.6. The summed E-state index contributed by atoms with van der Waals surface area (Å²) in [6.07, 6.45) is 3.39. The number of aromatic nitrogens is 4. The number of hydrogen-bond donors (Lipinski definition) is 1. The maximum Gasteiger partial charge on any atom is 0.340 e. The van der Waals surface area contributed by atoms with Gasteiger partial charge in [-0.05, 0) is 25.0 Å². The summed E-state index contributed by atoms with van der Waals surface area (Å²) in [5.41, 5.74) is 9.12. The number of carbonyl (C=O) groups is 1. The molecule has 8 nitrogen and oxygen atoms in total. The summed E-state index contributed by atoms with van der Waals surface area (Å²) < 4.78 is 12.0. The topological polar surface area (TPSA) is 105 Å². The number of methoxy groups -OCH3 is 2. The summed E-state index contributed by atoms with van der Waals surface area (Å²) in [5.74, 6) is 0.217. The molecule has 0 aromatic carbocycles. The molecule has 3 aromatic heterocycles. The van der Waals surface area contributed by atoms with Crippen LogP contribution in [0, 0.1) is 13.8 Å². The number of esters is 1. The molecule has 0 amide bonds. The van der Waals surface area contributed by atoms with Crippen LogP contribution < -0.4 is 10.5 Å². The Bertz CT molecular complexity index is 1020. The Hall–Kier alpha value is -2.87. The number of nitrogen functional groups attached to an aromatic ring is 1. The minimum atomic E-state index is -0.527. The lowest BCUT2D eigenvalue weighted by atomic mass is 10.1. The molecule has 0 aliphatic carbocycles. The molecule has 0 atom stereocenters. The van der Waals surface area contributed by atoms with Crippen LogP contribution in [0.25, 0.3) is 11.0 Å². The number of nitrogens with zero attached hydrogens (tertiary/aromatic N) is 4. The third-order valence-corrected chi connectivity index (χ3v) is 4.48. The van der Waals surface area contributed by atoms with E-state index in [1.807, 2.05) is 13.8 Å². The highest BCUT2D eigenvalue weighted by atomic mass is 35.5. The van der Waals surface area contributed by atoms with Gasteiger partial charge in [-0.1, -0.05) is 11.6 Å². The van der Waals surface area contributed by atoms with E-state index in [9.17, 15) is 4.79 Å². The summed E-state index contributed by atoms with van der Waals surface area (Å²) in [4.78, 5) is 24.7. The maximum absolute atomic E-state index is 12.1. The van der Waals surface area contributed by atoms with E-state index in [0.29, 0.717) is 17.6 Å². The van der Waals surface area contributed by atoms with Gasteiger partial charge in [0.05, 0.1) is 37.4 Å². The van der Waals surface area contributed by atoms with Crippen LogP contribution in [-0.4, -0.2) is 39.7 Å². The van der Waals surface area contributed by atoms with Crippen LogP contribution in [0.1, 0.15) is 27.2 Å². The molecule has 2 N–H and O–H groups in total. The molecular formula is C17H18ClN5O3. The van der Waals surface area contributed by atoms with Crippen molar-refractivity contribution >= 4 is 34.6 Å². The highest BCUT2D eigenvalue weighted by molar-refractivity contribution is 6.35. The van der Waals surface area contributed by atoms with E-state index >= 15 is 0 Å². The van der Waals surface area contributed by atoms with Gasteiger partial charge in [0.2, 0.25) is 5.95 Å². The number of fused-ring (bicyclic) bond motifs is 1. The van der Waals surface area contributed by atoms with Gasteiger partial charge in [-0.25, -0.2) is 9.78 Å². The lowest BCUT2D eigenvalue weighted by molar-refractivity contribution is 0.0602. The van der Waals surface area contributed by atoms with Crippen molar-refractivity contribution in [2.24, 2.45) is 0 Å². The van der Waals surface area contributed by atoms with E-state index in [0.717, 1.165) is 22.6 Å². The molecule has 0 unspecified atom stereocenters. The minimum absolute atomic E-state index is 0.0228. The lowest BCUT2D eigenvalue weighted by Gasteiger charge is -2.13. The zero-order chi connectivity index (χ0) is 19.0. The number of carbonyl (C=O) groups excluding carboxylic acids is 1. The van der Waals surface area contributed by atoms with Crippen molar-refractivity contribution < 1.29 is 14.3 Å². The Labute approximate surface area is 154 Å². The number of aryl methyl sites for hydroxylation is 1. The number of nitrogens with two attached hydrogens (primary N) is 1. The highest BCUT2D eigenvalue weighted by Crippen LogP contribution is 2.30. The SMILES string of the molecule is COC(=O)c1cn(Cc2cnc(C)c(OC)c2C)c2nc(N)nc(Cl)c12. The summed E-state index contributed by atoms with van der Waals surface area (Å²) in [5, 5.41) is 0.500. The van der Waals surface area contributed by atoms with Gasteiger partial charge in [-0.3, -0.25) is 4.98 Å². The Morgan fingerprint density at radius 3 is 2.69 bits per heavy atom. The molecule has 0 saturated heterocycles. The molecule has 0 saturated carbocycles. The molecule has 3 aromatic rings. The molecule has 3 rings (SSSR count). The molecule has 0 aliphatic rings. The van der Waals surface area contributed by atoms with Gasteiger partial charge >= 0.3 is 5.97 Å². The van der Waals surface area contributed by atoms with Crippen LogP contribution in [0.2, 0.25) is 5.15 Å². The molecule has 3 heterocycles. The minimum Gasteiger partial charge on any atom is -0.495 e. The Balaban J connectivity index is 2.19. The Morgan fingerprint density at radius 1 is 1.31 bits per heavy atom. The molecule has 0 aliphatic heterocycles. The van der Waals surface area contributed by atoms with Crippen LogP contribution in [0.5, 0.6) is 5.75 Å².